The van der Waals surface area contributed by atoms with E-state index in [1.165, 1.54) is 31.2 Å². The van der Waals surface area contributed by atoms with E-state index in [2.05, 4.69) is 24.3 Å². The molecule has 1 aliphatic rings. The fourth-order valence-corrected chi connectivity index (χ4v) is 2.91. The summed E-state index contributed by atoms with van der Waals surface area (Å²) in [7, 11) is 3.52. The Balaban J connectivity index is 2.11. The summed E-state index contributed by atoms with van der Waals surface area (Å²) in [6, 6.07) is 8.54. The third-order valence-corrected chi connectivity index (χ3v) is 3.83. The Kier molecular flexibility index (Phi) is 4.43. The molecule has 1 fully saturated rings. The molecule has 0 amide bonds. The molecule has 1 aromatic carbocycles. The van der Waals surface area contributed by atoms with E-state index >= 15 is 0 Å². The van der Waals surface area contributed by atoms with Crippen LogP contribution in [0.4, 0.5) is 0 Å². The fraction of sp³-hybridized carbons (Fsp3) is 0.600. The summed E-state index contributed by atoms with van der Waals surface area (Å²) in [4.78, 5) is 0. The molecule has 1 aliphatic carbocycles. The zero-order valence-electron chi connectivity index (χ0n) is 10.8. The van der Waals surface area contributed by atoms with Gasteiger partial charge in [0.2, 0.25) is 0 Å². The lowest BCUT2D eigenvalue weighted by Crippen LogP contribution is -2.21. The van der Waals surface area contributed by atoms with Crippen molar-refractivity contribution < 1.29 is 9.47 Å². The molecule has 0 N–H and O–H groups in total. The Bertz CT molecular complexity index is 329. The van der Waals surface area contributed by atoms with E-state index in [0.717, 1.165) is 12.4 Å². The van der Waals surface area contributed by atoms with Gasteiger partial charge in [0, 0.05) is 13.7 Å². The van der Waals surface area contributed by atoms with E-state index in [0.29, 0.717) is 11.8 Å². The normalized spacial score (nSPS) is 24.6. The number of benzene rings is 1. The third kappa shape index (κ3) is 3.01. The summed E-state index contributed by atoms with van der Waals surface area (Å²) in [6.45, 7) is 0.886. The average molecular weight is 234 g/mol. The quantitative estimate of drug-likeness (QED) is 0.792. The minimum absolute atomic E-state index is 0.662. The first-order chi connectivity index (χ1) is 8.35. The van der Waals surface area contributed by atoms with Gasteiger partial charge < -0.3 is 9.47 Å². The summed E-state index contributed by atoms with van der Waals surface area (Å²) >= 11 is 0. The molecule has 2 nitrogen and oxygen atoms in total. The first kappa shape index (κ1) is 12.4. The Morgan fingerprint density at radius 1 is 1.06 bits per heavy atom. The number of hydrogen-bond acceptors (Lipinski definition) is 2. The smallest absolute Gasteiger partial charge is 0.118 e. The van der Waals surface area contributed by atoms with Crippen LogP contribution < -0.4 is 4.74 Å². The molecule has 0 heterocycles. The van der Waals surface area contributed by atoms with Crippen molar-refractivity contribution in [3.8, 4) is 5.75 Å². The van der Waals surface area contributed by atoms with E-state index < -0.39 is 0 Å². The highest BCUT2D eigenvalue weighted by atomic mass is 16.5. The first-order valence-electron chi connectivity index (χ1n) is 6.48. The standard InChI is InChI=1S/C15H22O2/c1-16-11-13-5-3-4-6-15(13)12-7-9-14(17-2)10-8-12/h7-10,13,15H,3-6,11H2,1-2H3/t13-,15+/m1/s1. The first-order valence-corrected chi connectivity index (χ1v) is 6.48. The number of methoxy groups -OCH3 is 2. The van der Waals surface area contributed by atoms with Gasteiger partial charge in [0.15, 0.2) is 0 Å². The Morgan fingerprint density at radius 3 is 2.41 bits per heavy atom. The van der Waals surface area contributed by atoms with Gasteiger partial charge in [-0.25, -0.2) is 0 Å². The van der Waals surface area contributed by atoms with Gasteiger partial charge in [-0.1, -0.05) is 25.0 Å². The van der Waals surface area contributed by atoms with E-state index in [1.54, 1.807) is 14.2 Å². The number of ether oxygens (including phenoxy) is 2. The van der Waals surface area contributed by atoms with Crippen LogP contribution in [0.5, 0.6) is 5.75 Å². The highest BCUT2D eigenvalue weighted by molar-refractivity contribution is 5.30. The summed E-state index contributed by atoms with van der Waals surface area (Å²) < 4.78 is 10.6. The van der Waals surface area contributed by atoms with Crippen molar-refractivity contribution >= 4 is 0 Å². The Labute approximate surface area is 104 Å². The maximum Gasteiger partial charge on any atom is 0.118 e. The molecule has 0 unspecified atom stereocenters. The van der Waals surface area contributed by atoms with Gasteiger partial charge in [-0.3, -0.25) is 0 Å². The molecular weight excluding hydrogens is 212 g/mol. The fourth-order valence-electron chi connectivity index (χ4n) is 2.91. The van der Waals surface area contributed by atoms with Gasteiger partial charge in [-0.2, -0.15) is 0 Å². The minimum atomic E-state index is 0.662. The van der Waals surface area contributed by atoms with Crippen molar-refractivity contribution in [2.75, 3.05) is 20.8 Å². The van der Waals surface area contributed by atoms with Crippen LogP contribution in [0.2, 0.25) is 0 Å². The lowest BCUT2D eigenvalue weighted by molar-refractivity contribution is 0.118. The maximum atomic E-state index is 5.35. The zero-order chi connectivity index (χ0) is 12.1. The van der Waals surface area contributed by atoms with Crippen molar-refractivity contribution in [2.45, 2.75) is 31.6 Å². The summed E-state index contributed by atoms with van der Waals surface area (Å²) in [6.07, 6.45) is 5.28. The highest BCUT2D eigenvalue weighted by Crippen LogP contribution is 2.38. The molecule has 0 aromatic heterocycles. The molecule has 94 valence electrons. The van der Waals surface area contributed by atoms with Gasteiger partial charge in [-0.15, -0.1) is 0 Å². The van der Waals surface area contributed by atoms with Gasteiger partial charge >= 0.3 is 0 Å². The van der Waals surface area contributed by atoms with E-state index in [-0.39, 0.29) is 0 Å². The number of hydrogen-bond donors (Lipinski definition) is 0. The molecule has 0 spiro atoms. The Hall–Kier alpha value is -1.02. The minimum Gasteiger partial charge on any atom is -0.497 e. The molecule has 2 heteroatoms. The SMILES string of the molecule is COC[C@H]1CCCC[C@H]1c1ccc(OC)cc1. The molecular formula is C15H22O2. The van der Waals surface area contributed by atoms with Gasteiger partial charge in [0.05, 0.1) is 7.11 Å². The molecule has 0 saturated heterocycles. The molecule has 1 saturated carbocycles. The van der Waals surface area contributed by atoms with Crippen molar-refractivity contribution in [3.05, 3.63) is 29.8 Å². The predicted molar refractivity (Wildman–Crippen MR) is 69.6 cm³/mol. The van der Waals surface area contributed by atoms with Crippen LogP contribution in [0, 0.1) is 5.92 Å². The lowest BCUT2D eigenvalue weighted by Gasteiger charge is -2.31. The topological polar surface area (TPSA) is 18.5 Å². The van der Waals surface area contributed by atoms with Crippen LogP contribution in [0.15, 0.2) is 24.3 Å². The molecule has 2 atom stereocenters. The zero-order valence-corrected chi connectivity index (χ0v) is 10.8. The number of rotatable bonds is 4. The molecule has 1 aromatic rings. The largest absolute Gasteiger partial charge is 0.497 e. The average Bonchev–Trinajstić information content (AvgIpc) is 2.40. The molecule has 0 radical (unpaired) electrons. The van der Waals surface area contributed by atoms with E-state index in [9.17, 15) is 0 Å². The van der Waals surface area contributed by atoms with Crippen LogP contribution in [-0.4, -0.2) is 20.8 Å². The molecule has 17 heavy (non-hydrogen) atoms. The van der Waals surface area contributed by atoms with E-state index in [1.807, 2.05) is 0 Å². The second kappa shape index (κ2) is 6.06. The second-order valence-electron chi connectivity index (χ2n) is 4.88. The van der Waals surface area contributed by atoms with Crippen molar-refractivity contribution in [3.63, 3.8) is 0 Å². The van der Waals surface area contributed by atoms with Crippen molar-refractivity contribution in [2.24, 2.45) is 5.92 Å². The van der Waals surface area contributed by atoms with E-state index in [4.69, 9.17) is 9.47 Å². The van der Waals surface area contributed by atoms with Crippen LogP contribution in [0.25, 0.3) is 0 Å². The lowest BCUT2D eigenvalue weighted by atomic mass is 9.76. The Morgan fingerprint density at radius 2 is 1.76 bits per heavy atom. The van der Waals surface area contributed by atoms with Crippen LogP contribution in [-0.2, 0) is 4.74 Å². The summed E-state index contributed by atoms with van der Waals surface area (Å²) in [5.74, 6) is 2.28. The van der Waals surface area contributed by atoms with Crippen molar-refractivity contribution in [1.82, 2.24) is 0 Å². The molecule has 0 bridgehead atoms. The third-order valence-electron chi connectivity index (χ3n) is 3.83. The molecule has 2 rings (SSSR count). The molecule has 0 aliphatic heterocycles. The monoisotopic (exact) mass is 234 g/mol. The van der Waals surface area contributed by atoms with Gasteiger partial charge in [0.25, 0.3) is 0 Å². The highest BCUT2D eigenvalue weighted by Gasteiger charge is 2.26. The van der Waals surface area contributed by atoms with Crippen LogP contribution in [0.1, 0.15) is 37.2 Å². The van der Waals surface area contributed by atoms with Crippen LogP contribution >= 0.6 is 0 Å². The summed E-state index contributed by atoms with van der Waals surface area (Å²) in [5, 5.41) is 0. The van der Waals surface area contributed by atoms with Gasteiger partial charge in [0.1, 0.15) is 5.75 Å². The maximum absolute atomic E-state index is 5.35. The van der Waals surface area contributed by atoms with Crippen LogP contribution in [0.3, 0.4) is 0 Å². The predicted octanol–water partition coefficient (Wildman–Crippen LogP) is 3.62. The summed E-state index contributed by atoms with van der Waals surface area (Å²) in [5.41, 5.74) is 1.44. The van der Waals surface area contributed by atoms with Gasteiger partial charge in [-0.05, 0) is 42.4 Å². The van der Waals surface area contributed by atoms with Crippen molar-refractivity contribution in [1.29, 1.82) is 0 Å². The second-order valence-corrected chi connectivity index (χ2v) is 4.88.